The molecule has 0 radical (unpaired) electrons. The second kappa shape index (κ2) is 9.85. The molecule has 150 valence electrons. The first kappa shape index (κ1) is 20.6. The normalized spacial score (nSPS) is 16.8. The Morgan fingerprint density at radius 3 is 2.64 bits per heavy atom. The van der Waals surface area contributed by atoms with Crippen LogP contribution in [-0.2, 0) is 24.3 Å². The van der Waals surface area contributed by atoms with Crippen molar-refractivity contribution in [3.05, 3.63) is 65.2 Å². The summed E-state index contributed by atoms with van der Waals surface area (Å²) in [6.07, 6.45) is 2.25. The number of nitrogens with one attached hydrogen (secondary N) is 2. The Balaban J connectivity index is 1.61. The van der Waals surface area contributed by atoms with Crippen molar-refractivity contribution in [2.45, 2.75) is 52.7 Å². The Bertz CT molecular complexity index is 773. The van der Waals surface area contributed by atoms with Crippen molar-refractivity contribution >= 4 is 11.6 Å². The molecule has 0 saturated heterocycles. The van der Waals surface area contributed by atoms with Crippen LogP contribution >= 0.6 is 0 Å². The Morgan fingerprint density at radius 2 is 1.93 bits per heavy atom. The highest BCUT2D eigenvalue weighted by atomic mass is 16.1. The van der Waals surface area contributed by atoms with Crippen LogP contribution in [0, 0.1) is 5.92 Å². The molecule has 2 aromatic rings. The van der Waals surface area contributed by atoms with Gasteiger partial charge in [0.1, 0.15) is 0 Å². The number of benzene rings is 2. The predicted molar refractivity (Wildman–Crippen MR) is 116 cm³/mol. The number of nitrogens with zero attached hydrogens (tertiary/aromatic N) is 1. The average Bonchev–Trinajstić information content (AvgIpc) is 2.65. The van der Waals surface area contributed by atoms with Gasteiger partial charge in [-0.15, -0.1) is 0 Å². The first-order valence-electron chi connectivity index (χ1n) is 10.4. The summed E-state index contributed by atoms with van der Waals surface area (Å²) in [5.74, 6) is 0.658. The van der Waals surface area contributed by atoms with Gasteiger partial charge in [-0.05, 0) is 47.6 Å². The molecule has 2 N–H and O–H groups in total. The van der Waals surface area contributed by atoms with Crippen LogP contribution in [0.3, 0.4) is 0 Å². The maximum atomic E-state index is 11.4. The number of fused-ring (bicyclic) bond motifs is 1. The zero-order valence-corrected chi connectivity index (χ0v) is 17.4. The fourth-order valence-corrected chi connectivity index (χ4v) is 4.07. The van der Waals surface area contributed by atoms with Crippen LogP contribution in [0.15, 0.2) is 48.5 Å². The topological polar surface area (TPSA) is 44.4 Å². The highest BCUT2D eigenvalue weighted by Crippen LogP contribution is 2.28. The molecule has 1 aliphatic rings. The summed E-state index contributed by atoms with van der Waals surface area (Å²) in [6.45, 7) is 10.1. The fraction of sp³-hybridized carbons (Fsp3) is 0.458. The number of carbonyl (C=O) groups is 1. The van der Waals surface area contributed by atoms with Crippen molar-refractivity contribution in [2.24, 2.45) is 5.92 Å². The van der Waals surface area contributed by atoms with E-state index in [0.717, 1.165) is 38.3 Å². The van der Waals surface area contributed by atoms with Crippen molar-refractivity contribution in [3.8, 4) is 0 Å². The Labute approximate surface area is 169 Å². The number of anilines is 1. The van der Waals surface area contributed by atoms with E-state index in [1.165, 1.54) is 23.1 Å². The van der Waals surface area contributed by atoms with Crippen LogP contribution in [0.2, 0.25) is 0 Å². The molecule has 1 atom stereocenters. The van der Waals surface area contributed by atoms with E-state index in [1.807, 2.05) is 6.07 Å². The lowest BCUT2D eigenvalue weighted by Crippen LogP contribution is -2.44. The molecule has 0 bridgehead atoms. The highest BCUT2D eigenvalue weighted by Gasteiger charge is 2.26. The van der Waals surface area contributed by atoms with Gasteiger partial charge in [-0.25, -0.2) is 0 Å². The first-order chi connectivity index (χ1) is 13.5. The molecule has 0 saturated carbocycles. The van der Waals surface area contributed by atoms with Gasteiger partial charge in [-0.2, -0.15) is 0 Å². The lowest BCUT2D eigenvalue weighted by atomic mass is 9.89. The molecule has 0 aromatic heterocycles. The monoisotopic (exact) mass is 379 g/mol. The van der Waals surface area contributed by atoms with E-state index in [1.54, 1.807) is 6.92 Å². The number of rotatable bonds is 8. The van der Waals surface area contributed by atoms with Gasteiger partial charge in [0.05, 0.1) is 0 Å². The summed E-state index contributed by atoms with van der Waals surface area (Å²) in [5.41, 5.74) is 5.01. The summed E-state index contributed by atoms with van der Waals surface area (Å²) in [4.78, 5) is 14.0. The molecule has 3 rings (SSSR count). The lowest BCUT2D eigenvalue weighted by Gasteiger charge is -2.38. The number of amides is 1. The maximum Gasteiger partial charge on any atom is 0.221 e. The molecule has 28 heavy (non-hydrogen) atoms. The van der Waals surface area contributed by atoms with Gasteiger partial charge in [0.2, 0.25) is 5.91 Å². The van der Waals surface area contributed by atoms with E-state index in [-0.39, 0.29) is 5.91 Å². The summed E-state index contributed by atoms with van der Waals surface area (Å²) in [7, 11) is 0. The Hall–Kier alpha value is -2.17. The minimum Gasteiger partial charge on any atom is -0.326 e. The number of hydrogen-bond donors (Lipinski definition) is 2. The summed E-state index contributed by atoms with van der Waals surface area (Å²) in [6, 6.07) is 17.5. The van der Waals surface area contributed by atoms with Crippen LogP contribution in [0.1, 0.15) is 43.9 Å². The molecule has 1 unspecified atom stereocenters. The van der Waals surface area contributed by atoms with Gasteiger partial charge in [0.25, 0.3) is 0 Å². The van der Waals surface area contributed by atoms with Crippen molar-refractivity contribution in [1.29, 1.82) is 0 Å². The van der Waals surface area contributed by atoms with Gasteiger partial charge in [-0.1, -0.05) is 50.2 Å². The van der Waals surface area contributed by atoms with Crippen molar-refractivity contribution < 1.29 is 4.79 Å². The van der Waals surface area contributed by atoms with Gasteiger partial charge < -0.3 is 10.6 Å². The van der Waals surface area contributed by atoms with Crippen molar-refractivity contribution in [3.63, 3.8) is 0 Å². The highest BCUT2D eigenvalue weighted by molar-refractivity contribution is 5.88. The molecule has 1 heterocycles. The van der Waals surface area contributed by atoms with Crippen LogP contribution < -0.4 is 10.6 Å². The number of hydrogen-bond acceptors (Lipinski definition) is 3. The maximum absolute atomic E-state index is 11.4. The smallest absolute Gasteiger partial charge is 0.221 e. The Morgan fingerprint density at radius 1 is 1.14 bits per heavy atom. The number of carbonyl (C=O) groups excluding carboxylic acids is 1. The second-order valence-corrected chi connectivity index (χ2v) is 8.29. The van der Waals surface area contributed by atoms with Crippen LogP contribution in [-0.4, -0.2) is 29.9 Å². The van der Waals surface area contributed by atoms with Crippen molar-refractivity contribution in [1.82, 2.24) is 10.2 Å². The molecule has 4 nitrogen and oxygen atoms in total. The molecular formula is C24H33N3O. The third-order valence-corrected chi connectivity index (χ3v) is 5.36. The van der Waals surface area contributed by atoms with Crippen LogP contribution in [0.25, 0.3) is 0 Å². The molecular weight excluding hydrogens is 346 g/mol. The van der Waals surface area contributed by atoms with E-state index < -0.39 is 0 Å². The minimum atomic E-state index is -0.0133. The van der Waals surface area contributed by atoms with Crippen LogP contribution in [0.4, 0.5) is 5.69 Å². The minimum absolute atomic E-state index is 0.0133. The quantitative estimate of drug-likeness (QED) is 0.676. The predicted octanol–water partition coefficient (Wildman–Crippen LogP) is 4.21. The largest absolute Gasteiger partial charge is 0.326 e. The second-order valence-electron chi connectivity index (χ2n) is 8.29. The Kier molecular flexibility index (Phi) is 7.24. The third kappa shape index (κ3) is 5.91. The summed E-state index contributed by atoms with van der Waals surface area (Å²) < 4.78 is 0. The molecule has 0 aliphatic carbocycles. The van der Waals surface area contributed by atoms with E-state index >= 15 is 0 Å². The van der Waals surface area contributed by atoms with Gasteiger partial charge in [0, 0.05) is 44.8 Å². The van der Waals surface area contributed by atoms with E-state index in [2.05, 4.69) is 71.8 Å². The zero-order valence-electron chi connectivity index (χ0n) is 17.4. The van der Waals surface area contributed by atoms with Crippen LogP contribution in [0.5, 0.6) is 0 Å². The first-order valence-corrected chi connectivity index (χ1v) is 10.4. The molecule has 4 heteroatoms. The fourth-order valence-electron chi connectivity index (χ4n) is 4.07. The van der Waals surface area contributed by atoms with E-state index in [0.29, 0.717) is 12.0 Å². The van der Waals surface area contributed by atoms with Gasteiger partial charge >= 0.3 is 0 Å². The third-order valence-electron chi connectivity index (χ3n) is 5.36. The van der Waals surface area contributed by atoms with Gasteiger partial charge in [-0.3, -0.25) is 9.69 Å². The van der Waals surface area contributed by atoms with E-state index in [4.69, 9.17) is 0 Å². The molecule has 0 spiro atoms. The lowest BCUT2D eigenvalue weighted by molar-refractivity contribution is -0.114. The molecule has 0 fully saturated rings. The van der Waals surface area contributed by atoms with E-state index in [9.17, 15) is 4.79 Å². The SMILES string of the molecule is CC(=O)Nc1ccc2c(c1)CC(CC(C)C)N(CCNCc1ccccc1)C2. The average molecular weight is 380 g/mol. The standard InChI is InChI=1S/C24H33N3O/c1-18(2)13-24-15-22-14-23(26-19(3)28)10-9-21(22)17-27(24)12-11-25-16-20-7-5-4-6-8-20/h4-10,14,18,24-25H,11-13,15-17H2,1-3H3,(H,26,28). The molecule has 2 aromatic carbocycles. The summed E-state index contributed by atoms with van der Waals surface area (Å²) >= 11 is 0. The van der Waals surface area contributed by atoms with Gasteiger partial charge in [0.15, 0.2) is 0 Å². The zero-order chi connectivity index (χ0) is 19.9. The summed E-state index contributed by atoms with van der Waals surface area (Å²) in [5, 5.41) is 6.51. The molecule has 1 aliphatic heterocycles. The molecule has 1 amide bonds. The van der Waals surface area contributed by atoms with Crippen molar-refractivity contribution in [2.75, 3.05) is 18.4 Å².